The van der Waals surface area contributed by atoms with E-state index in [1.54, 1.807) is 7.11 Å². The molecule has 1 aromatic rings. The zero-order valence-electron chi connectivity index (χ0n) is 10.9. The summed E-state index contributed by atoms with van der Waals surface area (Å²) in [7, 11) is 1.73. The first-order valence-electron chi connectivity index (χ1n) is 6.22. The highest BCUT2D eigenvalue weighted by molar-refractivity contribution is 5.47. The normalized spacial score (nSPS) is 24.3. The van der Waals surface area contributed by atoms with Gasteiger partial charge in [-0.15, -0.1) is 0 Å². The van der Waals surface area contributed by atoms with Gasteiger partial charge in [-0.3, -0.25) is 0 Å². The number of piperidine rings is 1. The van der Waals surface area contributed by atoms with E-state index in [0.29, 0.717) is 6.54 Å². The van der Waals surface area contributed by atoms with Gasteiger partial charge in [-0.1, -0.05) is 0 Å². The van der Waals surface area contributed by atoms with Crippen LogP contribution in [-0.4, -0.2) is 30.8 Å². The van der Waals surface area contributed by atoms with Crippen LogP contribution in [0.3, 0.4) is 0 Å². The molecule has 1 aromatic heterocycles. The first-order chi connectivity index (χ1) is 8.58. The first kappa shape index (κ1) is 13.2. The number of aromatic nitrogens is 1. The van der Waals surface area contributed by atoms with Crippen LogP contribution in [0.5, 0.6) is 0 Å². The molecule has 1 aliphatic rings. The molecule has 4 nitrogen and oxygen atoms in total. The lowest BCUT2D eigenvalue weighted by atomic mass is 9.94. The fourth-order valence-electron chi connectivity index (χ4n) is 2.46. The van der Waals surface area contributed by atoms with Gasteiger partial charge >= 0.3 is 0 Å². The molecule has 1 fully saturated rings. The third kappa shape index (κ3) is 2.62. The van der Waals surface area contributed by atoms with Gasteiger partial charge in [-0.25, -0.2) is 9.37 Å². The minimum Gasteiger partial charge on any atom is -0.377 e. The minimum absolute atomic E-state index is 0.166. The summed E-state index contributed by atoms with van der Waals surface area (Å²) < 4.78 is 18.7. The van der Waals surface area contributed by atoms with Crippen molar-refractivity contribution in [2.45, 2.75) is 31.9 Å². The largest absolute Gasteiger partial charge is 0.377 e. The fourth-order valence-corrected chi connectivity index (χ4v) is 2.46. The Kier molecular flexibility index (Phi) is 3.82. The highest BCUT2D eigenvalue weighted by Gasteiger charge is 2.32. The SMILES string of the molecule is COC1(C)CCCN(c2ncc(F)cc2CN)C1. The Morgan fingerprint density at radius 2 is 2.39 bits per heavy atom. The molecule has 1 unspecified atom stereocenters. The van der Waals surface area contributed by atoms with Crippen molar-refractivity contribution in [1.29, 1.82) is 0 Å². The molecule has 1 aliphatic heterocycles. The van der Waals surface area contributed by atoms with Gasteiger partial charge in [0, 0.05) is 32.3 Å². The van der Waals surface area contributed by atoms with E-state index in [1.165, 1.54) is 12.3 Å². The van der Waals surface area contributed by atoms with Crippen molar-refractivity contribution in [1.82, 2.24) is 4.98 Å². The number of hydrogen-bond acceptors (Lipinski definition) is 4. The summed E-state index contributed by atoms with van der Waals surface area (Å²) in [4.78, 5) is 6.32. The van der Waals surface area contributed by atoms with E-state index >= 15 is 0 Å². The van der Waals surface area contributed by atoms with Crippen LogP contribution in [0.15, 0.2) is 12.3 Å². The molecule has 0 radical (unpaired) electrons. The Morgan fingerprint density at radius 1 is 1.61 bits per heavy atom. The van der Waals surface area contributed by atoms with E-state index in [2.05, 4.69) is 16.8 Å². The number of halogens is 1. The van der Waals surface area contributed by atoms with Crippen LogP contribution in [0.1, 0.15) is 25.3 Å². The number of methoxy groups -OCH3 is 1. The third-order valence-corrected chi connectivity index (χ3v) is 3.58. The number of nitrogens with zero attached hydrogens (tertiary/aromatic N) is 2. The molecule has 0 saturated carbocycles. The van der Waals surface area contributed by atoms with Crippen LogP contribution in [0.2, 0.25) is 0 Å². The van der Waals surface area contributed by atoms with E-state index in [1.807, 2.05) is 0 Å². The zero-order chi connectivity index (χ0) is 13.2. The molecule has 0 spiro atoms. The maximum Gasteiger partial charge on any atom is 0.141 e. The molecule has 0 bridgehead atoms. The second-order valence-corrected chi connectivity index (χ2v) is 5.02. The number of pyridine rings is 1. The molecule has 2 rings (SSSR count). The van der Waals surface area contributed by atoms with Crippen molar-refractivity contribution < 1.29 is 9.13 Å². The summed E-state index contributed by atoms with van der Waals surface area (Å²) in [5, 5.41) is 0. The molecule has 0 amide bonds. The van der Waals surface area contributed by atoms with Crippen molar-refractivity contribution in [2.75, 3.05) is 25.1 Å². The lowest BCUT2D eigenvalue weighted by Crippen LogP contribution is -2.48. The summed E-state index contributed by atoms with van der Waals surface area (Å²) in [6.07, 6.45) is 3.31. The Morgan fingerprint density at radius 3 is 3.06 bits per heavy atom. The van der Waals surface area contributed by atoms with Crippen LogP contribution in [0, 0.1) is 5.82 Å². The first-order valence-corrected chi connectivity index (χ1v) is 6.22. The predicted octanol–water partition coefficient (Wildman–Crippen LogP) is 1.68. The Labute approximate surface area is 107 Å². The minimum atomic E-state index is -0.342. The summed E-state index contributed by atoms with van der Waals surface area (Å²) in [6, 6.07) is 1.46. The van der Waals surface area contributed by atoms with Crippen LogP contribution in [0.25, 0.3) is 0 Å². The highest BCUT2D eigenvalue weighted by Crippen LogP contribution is 2.28. The van der Waals surface area contributed by atoms with Gasteiger partial charge in [-0.2, -0.15) is 0 Å². The molecule has 18 heavy (non-hydrogen) atoms. The van der Waals surface area contributed by atoms with Gasteiger partial charge in [0.25, 0.3) is 0 Å². The number of ether oxygens (including phenoxy) is 1. The molecular formula is C13H20FN3O. The van der Waals surface area contributed by atoms with E-state index in [9.17, 15) is 4.39 Å². The standard InChI is InChI=1S/C13H20FN3O/c1-13(18-2)4-3-5-17(9-13)12-10(7-15)6-11(14)8-16-12/h6,8H,3-5,7,9,15H2,1-2H3. The van der Waals surface area contributed by atoms with Crippen LogP contribution >= 0.6 is 0 Å². The third-order valence-electron chi connectivity index (χ3n) is 3.58. The molecule has 2 heterocycles. The smallest absolute Gasteiger partial charge is 0.141 e. The van der Waals surface area contributed by atoms with E-state index in [-0.39, 0.29) is 11.4 Å². The van der Waals surface area contributed by atoms with Crippen molar-refractivity contribution in [3.8, 4) is 0 Å². The fraction of sp³-hybridized carbons (Fsp3) is 0.615. The molecule has 1 atom stereocenters. The molecule has 1 saturated heterocycles. The molecule has 0 aliphatic carbocycles. The Balaban J connectivity index is 2.25. The molecule has 100 valence electrons. The van der Waals surface area contributed by atoms with E-state index in [4.69, 9.17) is 10.5 Å². The van der Waals surface area contributed by atoms with Gasteiger partial charge in [0.05, 0.1) is 11.8 Å². The quantitative estimate of drug-likeness (QED) is 0.890. The second kappa shape index (κ2) is 5.20. The average Bonchev–Trinajstić information content (AvgIpc) is 2.38. The maximum absolute atomic E-state index is 13.2. The summed E-state index contributed by atoms with van der Waals surface area (Å²) in [5.74, 6) is 0.438. The van der Waals surface area contributed by atoms with Gasteiger partial charge in [0.1, 0.15) is 11.6 Å². The Hall–Kier alpha value is -1.20. The predicted molar refractivity (Wildman–Crippen MR) is 68.9 cm³/mol. The summed E-state index contributed by atoms with van der Waals surface area (Å²) in [5.41, 5.74) is 6.24. The molecule has 2 N–H and O–H groups in total. The molecule has 0 aromatic carbocycles. The zero-order valence-corrected chi connectivity index (χ0v) is 10.9. The summed E-state index contributed by atoms with van der Waals surface area (Å²) in [6.45, 7) is 4.05. The van der Waals surface area contributed by atoms with Gasteiger partial charge in [0.15, 0.2) is 0 Å². The molecular weight excluding hydrogens is 233 g/mol. The number of hydrogen-bond donors (Lipinski definition) is 1. The van der Waals surface area contributed by atoms with E-state index in [0.717, 1.165) is 37.3 Å². The van der Waals surface area contributed by atoms with Gasteiger partial charge < -0.3 is 15.4 Å². The van der Waals surface area contributed by atoms with Crippen molar-refractivity contribution in [3.05, 3.63) is 23.6 Å². The number of anilines is 1. The average molecular weight is 253 g/mol. The van der Waals surface area contributed by atoms with Gasteiger partial charge in [0.2, 0.25) is 0 Å². The summed E-state index contributed by atoms with van der Waals surface area (Å²) >= 11 is 0. The molecule has 5 heteroatoms. The lowest BCUT2D eigenvalue weighted by Gasteiger charge is -2.40. The van der Waals surface area contributed by atoms with Crippen LogP contribution in [0.4, 0.5) is 10.2 Å². The van der Waals surface area contributed by atoms with E-state index < -0.39 is 0 Å². The van der Waals surface area contributed by atoms with Crippen molar-refractivity contribution >= 4 is 5.82 Å². The van der Waals surface area contributed by atoms with Crippen molar-refractivity contribution in [3.63, 3.8) is 0 Å². The van der Waals surface area contributed by atoms with Gasteiger partial charge in [-0.05, 0) is 25.8 Å². The van der Waals surface area contributed by atoms with Crippen LogP contribution < -0.4 is 10.6 Å². The second-order valence-electron chi connectivity index (χ2n) is 5.02. The monoisotopic (exact) mass is 253 g/mol. The Bertz CT molecular complexity index is 427. The highest BCUT2D eigenvalue weighted by atomic mass is 19.1. The number of nitrogens with two attached hydrogens (primary N) is 1. The number of rotatable bonds is 3. The van der Waals surface area contributed by atoms with Crippen LogP contribution in [-0.2, 0) is 11.3 Å². The lowest BCUT2D eigenvalue weighted by molar-refractivity contribution is -0.00484. The maximum atomic E-state index is 13.2. The topological polar surface area (TPSA) is 51.4 Å². The van der Waals surface area contributed by atoms with Crippen molar-refractivity contribution in [2.24, 2.45) is 5.73 Å².